The van der Waals surface area contributed by atoms with Gasteiger partial charge in [-0.1, -0.05) is 19.3 Å². The van der Waals surface area contributed by atoms with Gasteiger partial charge in [-0.25, -0.2) is 14.6 Å². The smallest absolute Gasteiger partial charge is 0.352 e. The van der Waals surface area contributed by atoms with Crippen molar-refractivity contribution in [1.29, 1.82) is 0 Å². The zero-order valence-electron chi connectivity index (χ0n) is 8.93. The van der Waals surface area contributed by atoms with Gasteiger partial charge in [0.2, 0.25) is 0 Å². The van der Waals surface area contributed by atoms with Crippen LogP contribution in [0.4, 0.5) is 0 Å². The van der Waals surface area contributed by atoms with Gasteiger partial charge in [0.1, 0.15) is 5.69 Å². The van der Waals surface area contributed by atoms with Crippen molar-refractivity contribution >= 4 is 5.97 Å². The molecule has 1 aromatic heterocycles. The molecule has 1 heterocycles. The minimum Gasteiger partial charge on any atom is -0.477 e. The van der Waals surface area contributed by atoms with Crippen molar-refractivity contribution in [2.24, 2.45) is 0 Å². The van der Waals surface area contributed by atoms with Crippen molar-refractivity contribution in [3.05, 3.63) is 28.4 Å². The summed E-state index contributed by atoms with van der Waals surface area (Å²) in [5.74, 6) is -1.06. The van der Waals surface area contributed by atoms with Crippen molar-refractivity contribution in [1.82, 2.24) is 9.55 Å². The van der Waals surface area contributed by atoms with E-state index in [1.165, 1.54) is 16.8 Å². The maximum atomic E-state index is 11.6. The van der Waals surface area contributed by atoms with Gasteiger partial charge < -0.3 is 5.11 Å². The topological polar surface area (TPSA) is 72.2 Å². The van der Waals surface area contributed by atoms with E-state index < -0.39 is 11.7 Å². The van der Waals surface area contributed by atoms with Crippen LogP contribution in [0.5, 0.6) is 0 Å². The summed E-state index contributed by atoms with van der Waals surface area (Å²) in [6, 6.07) is 1.39. The Kier molecular flexibility index (Phi) is 3.03. The molecule has 0 spiro atoms. The van der Waals surface area contributed by atoms with Crippen molar-refractivity contribution in [2.45, 2.75) is 38.1 Å². The van der Waals surface area contributed by atoms with E-state index >= 15 is 0 Å². The summed E-state index contributed by atoms with van der Waals surface area (Å²) in [4.78, 5) is 26.3. The molecule has 1 saturated carbocycles. The molecule has 0 bridgehead atoms. The number of carbonyl (C=O) groups is 1. The third kappa shape index (κ3) is 1.98. The van der Waals surface area contributed by atoms with E-state index in [2.05, 4.69) is 4.98 Å². The second-order valence-electron chi connectivity index (χ2n) is 4.08. The van der Waals surface area contributed by atoms with E-state index in [9.17, 15) is 9.59 Å². The number of carboxylic acid groups (broad SMARTS) is 1. The van der Waals surface area contributed by atoms with Gasteiger partial charge in [0.25, 0.3) is 0 Å². The van der Waals surface area contributed by atoms with Crippen LogP contribution in [0.1, 0.15) is 48.6 Å². The number of hydrogen-bond donors (Lipinski definition) is 1. The molecule has 5 nitrogen and oxygen atoms in total. The van der Waals surface area contributed by atoms with Crippen LogP contribution < -0.4 is 5.69 Å². The Morgan fingerprint density at radius 1 is 1.38 bits per heavy atom. The molecule has 0 unspecified atom stereocenters. The van der Waals surface area contributed by atoms with Gasteiger partial charge in [0, 0.05) is 12.2 Å². The Hall–Kier alpha value is -1.65. The number of rotatable bonds is 2. The van der Waals surface area contributed by atoms with Gasteiger partial charge in [-0.2, -0.15) is 0 Å². The van der Waals surface area contributed by atoms with E-state index in [1.807, 2.05) is 0 Å². The fourth-order valence-electron chi connectivity index (χ4n) is 2.28. The molecule has 0 saturated heterocycles. The molecule has 2 rings (SSSR count). The molecule has 0 aromatic carbocycles. The highest BCUT2D eigenvalue weighted by Crippen LogP contribution is 2.27. The van der Waals surface area contributed by atoms with Crippen LogP contribution in [-0.4, -0.2) is 20.6 Å². The summed E-state index contributed by atoms with van der Waals surface area (Å²) in [6.07, 6.45) is 6.24. The first kappa shape index (κ1) is 10.9. The van der Waals surface area contributed by atoms with Crippen LogP contribution in [0, 0.1) is 0 Å². The second kappa shape index (κ2) is 4.47. The number of aromatic nitrogens is 2. The summed E-state index contributed by atoms with van der Waals surface area (Å²) < 4.78 is 1.33. The minimum atomic E-state index is -1.06. The highest BCUT2D eigenvalue weighted by Gasteiger charge is 2.21. The average Bonchev–Trinajstić information content (AvgIpc) is 2.29. The SMILES string of the molecule is O=C(O)c1ccnc(=O)n1C1CCCCC1. The van der Waals surface area contributed by atoms with Gasteiger partial charge in [-0.05, 0) is 18.9 Å². The zero-order chi connectivity index (χ0) is 11.5. The summed E-state index contributed by atoms with van der Waals surface area (Å²) in [5, 5.41) is 9.03. The molecule has 0 amide bonds. The third-order valence-electron chi connectivity index (χ3n) is 3.04. The normalized spacial score (nSPS) is 17.2. The van der Waals surface area contributed by atoms with Gasteiger partial charge in [0.15, 0.2) is 0 Å². The van der Waals surface area contributed by atoms with Gasteiger partial charge in [0.05, 0.1) is 0 Å². The monoisotopic (exact) mass is 222 g/mol. The van der Waals surface area contributed by atoms with Crippen LogP contribution in [0.2, 0.25) is 0 Å². The Morgan fingerprint density at radius 3 is 2.69 bits per heavy atom. The Bertz CT molecular complexity index is 447. The largest absolute Gasteiger partial charge is 0.477 e. The lowest BCUT2D eigenvalue weighted by atomic mass is 9.95. The van der Waals surface area contributed by atoms with E-state index in [1.54, 1.807) is 0 Å². The number of hydrogen-bond acceptors (Lipinski definition) is 3. The predicted molar refractivity (Wildman–Crippen MR) is 57.6 cm³/mol. The zero-order valence-corrected chi connectivity index (χ0v) is 8.93. The van der Waals surface area contributed by atoms with E-state index in [0.717, 1.165) is 32.1 Å². The van der Waals surface area contributed by atoms with Gasteiger partial charge >= 0.3 is 11.7 Å². The molecule has 86 valence electrons. The minimum absolute atomic E-state index is 0.000972. The van der Waals surface area contributed by atoms with Crippen molar-refractivity contribution in [3.63, 3.8) is 0 Å². The molecule has 1 aliphatic rings. The molecule has 0 atom stereocenters. The van der Waals surface area contributed by atoms with E-state index in [0.29, 0.717) is 0 Å². The first-order valence-corrected chi connectivity index (χ1v) is 5.51. The fourth-order valence-corrected chi connectivity index (χ4v) is 2.28. The Balaban J connectivity index is 2.44. The summed E-state index contributed by atoms with van der Waals surface area (Å²) in [7, 11) is 0. The quantitative estimate of drug-likeness (QED) is 0.821. The first-order valence-electron chi connectivity index (χ1n) is 5.51. The lowest BCUT2D eigenvalue weighted by Crippen LogP contribution is -2.32. The Labute approximate surface area is 92.7 Å². The molecular weight excluding hydrogens is 208 g/mol. The van der Waals surface area contributed by atoms with Gasteiger partial charge in [-0.15, -0.1) is 0 Å². The van der Waals surface area contributed by atoms with Crippen molar-refractivity contribution in [2.75, 3.05) is 0 Å². The average molecular weight is 222 g/mol. The number of aromatic carboxylic acids is 1. The lowest BCUT2D eigenvalue weighted by molar-refractivity contribution is 0.0678. The molecular formula is C11H14N2O3. The van der Waals surface area contributed by atoms with Crippen molar-refractivity contribution < 1.29 is 9.90 Å². The third-order valence-corrected chi connectivity index (χ3v) is 3.04. The van der Waals surface area contributed by atoms with Crippen LogP contribution in [0.25, 0.3) is 0 Å². The molecule has 1 aliphatic carbocycles. The maximum Gasteiger partial charge on any atom is 0.352 e. The lowest BCUT2D eigenvalue weighted by Gasteiger charge is -2.24. The number of nitrogens with zero attached hydrogens (tertiary/aromatic N) is 2. The van der Waals surface area contributed by atoms with Crippen LogP contribution in [0.3, 0.4) is 0 Å². The molecule has 1 fully saturated rings. The molecule has 0 aliphatic heterocycles. The first-order chi connectivity index (χ1) is 7.70. The summed E-state index contributed by atoms with van der Waals surface area (Å²) in [6.45, 7) is 0. The highest BCUT2D eigenvalue weighted by atomic mass is 16.4. The maximum absolute atomic E-state index is 11.6. The van der Waals surface area contributed by atoms with E-state index in [-0.39, 0.29) is 11.7 Å². The van der Waals surface area contributed by atoms with Crippen LogP contribution >= 0.6 is 0 Å². The molecule has 1 aromatic rings. The van der Waals surface area contributed by atoms with Crippen LogP contribution in [0.15, 0.2) is 17.1 Å². The standard InChI is InChI=1S/C11H14N2O3/c14-10(15)9-6-7-12-11(16)13(9)8-4-2-1-3-5-8/h6-8H,1-5H2,(H,14,15). The summed E-state index contributed by atoms with van der Waals surface area (Å²) in [5.41, 5.74) is -0.404. The Morgan fingerprint density at radius 2 is 2.06 bits per heavy atom. The van der Waals surface area contributed by atoms with Crippen LogP contribution in [-0.2, 0) is 0 Å². The summed E-state index contributed by atoms with van der Waals surface area (Å²) >= 11 is 0. The van der Waals surface area contributed by atoms with E-state index in [4.69, 9.17) is 5.11 Å². The molecule has 16 heavy (non-hydrogen) atoms. The molecule has 0 radical (unpaired) electrons. The fraction of sp³-hybridized carbons (Fsp3) is 0.545. The molecule has 1 N–H and O–H groups in total. The highest BCUT2D eigenvalue weighted by molar-refractivity contribution is 5.85. The van der Waals surface area contributed by atoms with Gasteiger partial charge in [-0.3, -0.25) is 4.57 Å². The number of carboxylic acids is 1. The molecule has 5 heteroatoms. The second-order valence-corrected chi connectivity index (χ2v) is 4.08. The van der Waals surface area contributed by atoms with Crippen molar-refractivity contribution in [3.8, 4) is 0 Å². The predicted octanol–water partition coefficient (Wildman–Crippen LogP) is 1.45.